The summed E-state index contributed by atoms with van der Waals surface area (Å²) in [6, 6.07) is 9.98. The Kier molecular flexibility index (Phi) is 7.56. The molecule has 1 aliphatic carbocycles. The number of carbonyl (C=O) groups excluding carboxylic acids is 3. The number of nitrogens with one attached hydrogen (secondary N) is 1. The molecule has 1 aromatic carbocycles. The van der Waals surface area contributed by atoms with Gasteiger partial charge in [-0.2, -0.15) is 0 Å². The predicted octanol–water partition coefficient (Wildman–Crippen LogP) is 3.15. The van der Waals surface area contributed by atoms with Crippen LogP contribution < -0.4 is 10.2 Å². The summed E-state index contributed by atoms with van der Waals surface area (Å²) in [5, 5.41) is 3.08. The molecule has 3 amide bonds. The number of piperidine rings is 1. The Morgan fingerprint density at radius 3 is 2.42 bits per heavy atom. The maximum atomic E-state index is 13.7. The van der Waals surface area contributed by atoms with E-state index < -0.39 is 5.54 Å². The monoisotopic (exact) mass is 454 g/mol. The first kappa shape index (κ1) is 23.6. The molecule has 7 heteroatoms. The third-order valence-corrected chi connectivity index (χ3v) is 7.64. The summed E-state index contributed by atoms with van der Waals surface area (Å²) in [4.78, 5) is 44.6. The van der Waals surface area contributed by atoms with Crippen molar-refractivity contribution < 1.29 is 14.4 Å². The van der Waals surface area contributed by atoms with Crippen LogP contribution in [0.15, 0.2) is 30.3 Å². The zero-order chi connectivity index (χ0) is 23.3. The molecule has 4 rings (SSSR count). The van der Waals surface area contributed by atoms with Gasteiger partial charge in [-0.1, -0.05) is 44.4 Å². The third kappa shape index (κ3) is 5.17. The van der Waals surface area contributed by atoms with E-state index in [1.165, 1.54) is 32.1 Å². The average molecular weight is 455 g/mol. The van der Waals surface area contributed by atoms with Gasteiger partial charge in [0, 0.05) is 31.7 Å². The largest absolute Gasteiger partial charge is 0.354 e. The van der Waals surface area contributed by atoms with Crippen LogP contribution in [0.25, 0.3) is 0 Å². The van der Waals surface area contributed by atoms with E-state index in [1.807, 2.05) is 42.2 Å². The molecule has 2 heterocycles. The molecule has 3 aliphatic rings. The van der Waals surface area contributed by atoms with Gasteiger partial charge in [-0.25, -0.2) is 0 Å². The Hall–Kier alpha value is -2.57. The van der Waals surface area contributed by atoms with Crippen molar-refractivity contribution in [2.24, 2.45) is 5.92 Å². The van der Waals surface area contributed by atoms with Gasteiger partial charge >= 0.3 is 0 Å². The summed E-state index contributed by atoms with van der Waals surface area (Å²) in [7, 11) is 0. The summed E-state index contributed by atoms with van der Waals surface area (Å²) in [5.74, 6) is 0.674. The number of likely N-dealkylation sites (tertiary alicyclic amines) is 1. The average Bonchev–Trinajstić information content (AvgIpc) is 3.10. The van der Waals surface area contributed by atoms with Crippen LogP contribution in [-0.2, 0) is 14.4 Å². The fraction of sp³-hybridized carbons (Fsp3) is 0.654. The highest BCUT2D eigenvalue weighted by Gasteiger charge is 2.54. The normalized spacial score (nSPS) is 21.0. The van der Waals surface area contributed by atoms with E-state index in [1.54, 1.807) is 4.90 Å². The van der Waals surface area contributed by atoms with Crippen molar-refractivity contribution in [1.29, 1.82) is 0 Å². The van der Waals surface area contributed by atoms with Crippen molar-refractivity contribution in [3.8, 4) is 0 Å². The fourth-order valence-corrected chi connectivity index (χ4v) is 5.70. The highest BCUT2D eigenvalue weighted by Crippen LogP contribution is 2.39. The van der Waals surface area contributed by atoms with Crippen LogP contribution in [-0.4, -0.2) is 65.9 Å². The lowest BCUT2D eigenvalue weighted by Gasteiger charge is -2.43. The van der Waals surface area contributed by atoms with E-state index in [4.69, 9.17) is 0 Å². The molecular weight excluding hydrogens is 416 g/mol. The second kappa shape index (κ2) is 10.6. The van der Waals surface area contributed by atoms with Crippen molar-refractivity contribution in [3.05, 3.63) is 30.3 Å². The molecule has 1 spiro atoms. The molecule has 0 radical (unpaired) electrons. The fourth-order valence-electron chi connectivity index (χ4n) is 5.70. The summed E-state index contributed by atoms with van der Waals surface area (Å²) < 4.78 is 0. The number of para-hydroxylation sites is 1. The van der Waals surface area contributed by atoms with Gasteiger partial charge in [-0.05, 0) is 50.2 Å². The van der Waals surface area contributed by atoms with Gasteiger partial charge in [-0.15, -0.1) is 0 Å². The van der Waals surface area contributed by atoms with Crippen molar-refractivity contribution >= 4 is 23.4 Å². The molecule has 2 aliphatic heterocycles. The minimum absolute atomic E-state index is 0.0155. The Balaban J connectivity index is 1.44. The molecule has 0 aromatic heterocycles. The first-order chi connectivity index (χ1) is 16.0. The molecular formula is C26H38N4O3. The van der Waals surface area contributed by atoms with Gasteiger partial charge in [0.1, 0.15) is 12.1 Å². The van der Waals surface area contributed by atoms with E-state index in [-0.39, 0.29) is 24.3 Å². The third-order valence-electron chi connectivity index (χ3n) is 7.64. The van der Waals surface area contributed by atoms with Gasteiger partial charge in [-0.3, -0.25) is 14.4 Å². The SMILES string of the molecule is CCCC(=O)N1CCC2(CC1)C(=O)N(CC(=O)NCC1CCCCC1)CN2c1ccccc1. The summed E-state index contributed by atoms with van der Waals surface area (Å²) in [5.41, 5.74) is 0.304. The molecule has 0 atom stereocenters. The lowest BCUT2D eigenvalue weighted by atomic mass is 9.85. The highest BCUT2D eigenvalue weighted by molar-refractivity contribution is 5.96. The molecule has 1 saturated carbocycles. The second-order valence-corrected chi connectivity index (χ2v) is 9.88. The van der Waals surface area contributed by atoms with Gasteiger partial charge in [0.15, 0.2) is 0 Å². The maximum Gasteiger partial charge on any atom is 0.250 e. The zero-order valence-corrected chi connectivity index (χ0v) is 19.9. The molecule has 7 nitrogen and oxygen atoms in total. The van der Waals surface area contributed by atoms with Crippen molar-refractivity contribution in [2.75, 3.05) is 37.7 Å². The first-order valence-electron chi connectivity index (χ1n) is 12.7. The summed E-state index contributed by atoms with van der Waals surface area (Å²) in [6.45, 7) is 4.38. The highest BCUT2D eigenvalue weighted by atomic mass is 16.2. The minimum Gasteiger partial charge on any atom is -0.354 e. The van der Waals surface area contributed by atoms with E-state index in [0.717, 1.165) is 12.1 Å². The molecule has 0 bridgehead atoms. The van der Waals surface area contributed by atoms with Crippen LogP contribution in [0.3, 0.4) is 0 Å². The quantitative estimate of drug-likeness (QED) is 0.687. The minimum atomic E-state index is -0.687. The summed E-state index contributed by atoms with van der Waals surface area (Å²) in [6.07, 6.45) is 8.73. The molecule has 33 heavy (non-hydrogen) atoms. The van der Waals surface area contributed by atoms with E-state index >= 15 is 0 Å². The molecule has 1 N–H and O–H groups in total. The summed E-state index contributed by atoms with van der Waals surface area (Å²) >= 11 is 0. The topological polar surface area (TPSA) is 73.0 Å². The smallest absolute Gasteiger partial charge is 0.250 e. The standard InChI is InChI=1S/C26H38N4O3/c1-2-9-24(32)28-16-14-26(15-17-28)25(33)29(20-30(26)22-12-7-4-8-13-22)19-23(31)27-18-21-10-5-3-6-11-21/h4,7-8,12-13,21H,2-3,5-6,9-11,14-20H2,1H3,(H,27,31). The molecule has 3 fully saturated rings. The van der Waals surface area contributed by atoms with Crippen molar-refractivity contribution in [3.63, 3.8) is 0 Å². The number of anilines is 1. The molecule has 2 saturated heterocycles. The van der Waals surface area contributed by atoms with Gasteiger partial charge in [0.2, 0.25) is 11.8 Å². The first-order valence-corrected chi connectivity index (χ1v) is 12.7. The van der Waals surface area contributed by atoms with E-state index in [2.05, 4.69) is 10.2 Å². The van der Waals surface area contributed by atoms with Crippen LogP contribution in [0.4, 0.5) is 5.69 Å². The number of amides is 3. The van der Waals surface area contributed by atoms with E-state index in [0.29, 0.717) is 51.5 Å². The lowest BCUT2D eigenvalue weighted by Crippen LogP contribution is -2.57. The number of rotatable bonds is 7. The van der Waals surface area contributed by atoms with E-state index in [9.17, 15) is 14.4 Å². The number of benzene rings is 1. The van der Waals surface area contributed by atoms with Crippen LogP contribution >= 0.6 is 0 Å². The van der Waals surface area contributed by atoms with Crippen LogP contribution in [0.1, 0.15) is 64.7 Å². The number of carbonyl (C=O) groups is 3. The Labute approximate surface area is 197 Å². The second-order valence-electron chi connectivity index (χ2n) is 9.88. The number of hydrogen-bond acceptors (Lipinski definition) is 4. The van der Waals surface area contributed by atoms with Gasteiger partial charge in [0.05, 0.1) is 6.67 Å². The number of nitrogens with zero attached hydrogens (tertiary/aromatic N) is 3. The Morgan fingerprint density at radius 2 is 1.76 bits per heavy atom. The van der Waals surface area contributed by atoms with Gasteiger partial charge < -0.3 is 20.0 Å². The lowest BCUT2D eigenvalue weighted by molar-refractivity contribution is -0.140. The molecule has 0 unspecified atom stereocenters. The Morgan fingerprint density at radius 1 is 1.06 bits per heavy atom. The van der Waals surface area contributed by atoms with Crippen LogP contribution in [0.2, 0.25) is 0 Å². The van der Waals surface area contributed by atoms with Crippen molar-refractivity contribution in [2.45, 2.75) is 70.3 Å². The maximum absolute atomic E-state index is 13.7. The van der Waals surface area contributed by atoms with Crippen molar-refractivity contribution in [1.82, 2.24) is 15.1 Å². The van der Waals surface area contributed by atoms with Gasteiger partial charge in [0.25, 0.3) is 5.91 Å². The van der Waals surface area contributed by atoms with Crippen LogP contribution in [0, 0.1) is 5.92 Å². The number of hydrogen-bond donors (Lipinski definition) is 1. The Bertz CT molecular complexity index is 829. The van der Waals surface area contributed by atoms with Crippen LogP contribution in [0.5, 0.6) is 0 Å². The zero-order valence-electron chi connectivity index (χ0n) is 19.9. The molecule has 180 valence electrons. The predicted molar refractivity (Wildman–Crippen MR) is 129 cm³/mol. The molecule has 1 aromatic rings.